The summed E-state index contributed by atoms with van der Waals surface area (Å²) >= 11 is 3.34. The molecule has 0 radical (unpaired) electrons. The van der Waals surface area contributed by atoms with Crippen LogP contribution in [0.5, 0.6) is 0 Å². The first kappa shape index (κ1) is 28.5. The van der Waals surface area contributed by atoms with Crippen molar-refractivity contribution in [2.45, 2.75) is 0 Å². The van der Waals surface area contributed by atoms with Crippen molar-refractivity contribution in [1.82, 2.24) is 4.98 Å². The molecule has 0 amide bonds. The molecule has 0 N–H and O–H groups in total. The van der Waals surface area contributed by atoms with Gasteiger partial charge in [-0.15, -0.1) is 22.7 Å². The summed E-state index contributed by atoms with van der Waals surface area (Å²) in [6.45, 7) is 0. The third kappa shape index (κ3) is 4.50. The zero-order valence-corrected chi connectivity index (χ0v) is 28.4. The van der Waals surface area contributed by atoms with Crippen molar-refractivity contribution in [1.29, 1.82) is 0 Å². The first-order valence-electron chi connectivity index (χ1n) is 16.6. The molecular formula is C43H25N3O3S2. The zero-order valence-electron chi connectivity index (χ0n) is 26.8. The van der Waals surface area contributed by atoms with E-state index in [1.54, 1.807) is 22.7 Å². The third-order valence-electron chi connectivity index (χ3n) is 9.49. The molecule has 51 heavy (non-hydrogen) atoms. The van der Waals surface area contributed by atoms with Gasteiger partial charge in [0.25, 0.3) is 0 Å². The predicted octanol–water partition coefficient (Wildman–Crippen LogP) is 13.8. The average Bonchev–Trinajstić information content (AvgIpc) is 4.01. The first-order chi connectivity index (χ1) is 25.2. The Balaban J connectivity index is 1.02. The number of pyridine rings is 1. The fraction of sp³-hybridized carbons (Fsp3) is 0. The number of hydrogen-bond acceptors (Lipinski definition) is 8. The van der Waals surface area contributed by atoms with Crippen LogP contribution in [0, 0.1) is 0 Å². The molecule has 0 spiro atoms. The lowest BCUT2D eigenvalue weighted by molar-refractivity contribution is 0.654. The Hall–Kier alpha value is -6.35. The van der Waals surface area contributed by atoms with Crippen molar-refractivity contribution in [3.05, 3.63) is 150 Å². The van der Waals surface area contributed by atoms with Gasteiger partial charge in [0.1, 0.15) is 38.7 Å². The minimum atomic E-state index is 0.581. The lowest BCUT2D eigenvalue weighted by Crippen LogP contribution is -2.09. The Morgan fingerprint density at radius 3 is 1.43 bits per heavy atom. The van der Waals surface area contributed by atoms with Gasteiger partial charge in [0.15, 0.2) is 0 Å². The van der Waals surface area contributed by atoms with Crippen LogP contribution in [-0.4, -0.2) is 4.98 Å². The molecule has 0 atom stereocenters. The number of thiophene rings is 2. The van der Waals surface area contributed by atoms with E-state index in [1.807, 2.05) is 36.4 Å². The van der Waals surface area contributed by atoms with Crippen LogP contribution in [0.4, 0.5) is 32.9 Å². The van der Waals surface area contributed by atoms with Gasteiger partial charge >= 0.3 is 0 Å². The number of para-hydroxylation sites is 2. The molecular weight excluding hydrogens is 671 g/mol. The van der Waals surface area contributed by atoms with Gasteiger partial charge in [-0.25, -0.2) is 0 Å². The Morgan fingerprint density at radius 1 is 0.392 bits per heavy atom. The average molecular weight is 696 g/mol. The Kier molecular flexibility index (Phi) is 6.19. The quantitative estimate of drug-likeness (QED) is 0.173. The monoisotopic (exact) mass is 695 g/mol. The highest BCUT2D eigenvalue weighted by molar-refractivity contribution is 7.14. The molecule has 6 heterocycles. The fourth-order valence-electron chi connectivity index (χ4n) is 7.18. The molecule has 0 saturated carbocycles. The van der Waals surface area contributed by atoms with E-state index < -0.39 is 0 Å². The van der Waals surface area contributed by atoms with Crippen LogP contribution < -0.4 is 9.80 Å². The Bertz CT molecular complexity index is 2860. The number of aromatic nitrogens is 1. The molecule has 0 fully saturated rings. The van der Waals surface area contributed by atoms with E-state index in [-0.39, 0.29) is 0 Å². The molecule has 242 valence electrons. The lowest BCUT2D eigenvalue weighted by Gasteiger charge is -2.23. The largest absolute Gasteiger partial charge is 0.456 e. The maximum Gasteiger partial charge on any atom is 0.229 e. The van der Waals surface area contributed by atoms with Gasteiger partial charge in [-0.2, -0.15) is 4.98 Å². The SMILES string of the molecule is c1csc(N(c2ccc3c(c2)oc2ccccc23)c2ccc3c(c2)oc2nc(N(c4ccc5c(c4)oc4ccccc45)c4cccs4)ccc23)c1. The summed E-state index contributed by atoms with van der Waals surface area (Å²) in [6.07, 6.45) is 0. The van der Waals surface area contributed by atoms with Crippen LogP contribution in [0.15, 0.2) is 164 Å². The standard InChI is InChI=1S/C43H25N3O3S2/c1-3-9-35-29(7-1)31-16-13-26(23-37(31)47-35)45(41-11-5-21-50-41)27-14-18-33-34-19-20-40(44-43(34)49-39(33)24-27)46(42-12-6-22-51-42)28-15-17-32-30-8-2-4-10-36(30)48-38(32)25-28/h1-25H. The van der Waals surface area contributed by atoms with Crippen LogP contribution in [0.3, 0.4) is 0 Å². The molecule has 0 aliphatic rings. The molecule has 0 bridgehead atoms. The molecule has 8 heteroatoms. The summed E-state index contributed by atoms with van der Waals surface area (Å²) in [5.41, 5.74) is 7.75. The summed E-state index contributed by atoms with van der Waals surface area (Å²) in [4.78, 5) is 9.52. The van der Waals surface area contributed by atoms with E-state index >= 15 is 0 Å². The fourth-order valence-corrected chi connectivity index (χ4v) is 8.70. The Morgan fingerprint density at radius 2 is 0.863 bits per heavy atom. The summed E-state index contributed by atoms with van der Waals surface area (Å²) in [5, 5.41) is 12.7. The predicted molar refractivity (Wildman–Crippen MR) is 211 cm³/mol. The van der Waals surface area contributed by atoms with Crippen LogP contribution >= 0.6 is 22.7 Å². The van der Waals surface area contributed by atoms with Crippen molar-refractivity contribution in [3.63, 3.8) is 0 Å². The van der Waals surface area contributed by atoms with Gasteiger partial charge in [0, 0.05) is 50.5 Å². The highest BCUT2D eigenvalue weighted by Crippen LogP contribution is 2.44. The van der Waals surface area contributed by atoms with Crippen LogP contribution in [0.1, 0.15) is 0 Å². The maximum atomic E-state index is 6.57. The Labute approximate surface area is 298 Å². The first-order valence-corrected chi connectivity index (χ1v) is 18.3. The number of benzene rings is 5. The van der Waals surface area contributed by atoms with Crippen molar-refractivity contribution < 1.29 is 13.3 Å². The topological polar surface area (TPSA) is 58.8 Å². The number of anilines is 6. The van der Waals surface area contributed by atoms with Gasteiger partial charge < -0.3 is 18.2 Å². The normalized spacial score (nSPS) is 11.9. The lowest BCUT2D eigenvalue weighted by atomic mass is 10.1. The second-order valence-corrected chi connectivity index (χ2v) is 14.3. The van der Waals surface area contributed by atoms with Gasteiger partial charge in [0.2, 0.25) is 5.71 Å². The minimum Gasteiger partial charge on any atom is -0.456 e. The van der Waals surface area contributed by atoms with Crippen molar-refractivity contribution >= 4 is 122 Å². The molecule has 0 unspecified atom stereocenters. The van der Waals surface area contributed by atoms with Crippen LogP contribution in [0.25, 0.3) is 65.9 Å². The summed E-state index contributed by atoms with van der Waals surface area (Å²) < 4.78 is 19.1. The van der Waals surface area contributed by atoms with E-state index in [1.165, 1.54) is 0 Å². The summed E-state index contributed by atoms with van der Waals surface area (Å²) in [5.74, 6) is 0.763. The highest BCUT2D eigenvalue weighted by Gasteiger charge is 2.21. The number of fused-ring (bicyclic) bond motifs is 9. The second kappa shape index (κ2) is 11.1. The van der Waals surface area contributed by atoms with Gasteiger partial charge in [0.05, 0.1) is 22.1 Å². The van der Waals surface area contributed by atoms with Crippen LogP contribution in [0.2, 0.25) is 0 Å². The van der Waals surface area contributed by atoms with E-state index in [0.717, 1.165) is 93.1 Å². The summed E-state index contributed by atoms with van der Waals surface area (Å²) in [6, 6.07) is 48.0. The molecule has 11 rings (SSSR count). The van der Waals surface area contributed by atoms with Gasteiger partial charge in [-0.05, 0) is 95.7 Å². The molecule has 0 saturated heterocycles. The molecule has 5 aromatic carbocycles. The second-order valence-electron chi connectivity index (χ2n) is 12.4. The van der Waals surface area contributed by atoms with Gasteiger partial charge in [-0.3, -0.25) is 4.90 Å². The highest BCUT2D eigenvalue weighted by atomic mass is 32.1. The van der Waals surface area contributed by atoms with E-state index in [4.69, 9.17) is 18.2 Å². The van der Waals surface area contributed by atoms with Crippen LogP contribution in [-0.2, 0) is 0 Å². The molecule has 11 aromatic rings. The van der Waals surface area contributed by atoms with Gasteiger partial charge in [-0.1, -0.05) is 36.4 Å². The third-order valence-corrected chi connectivity index (χ3v) is 11.2. The van der Waals surface area contributed by atoms with Crippen molar-refractivity contribution in [2.24, 2.45) is 0 Å². The zero-order chi connectivity index (χ0) is 33.5. The maximum absolute atomic E-state index is 6.57. The van der Waals surface area contributed by atoms with E-state index in [9.17, 15) is 0 Å². The molecule has 6 aromatic heterocycles. The summed E-state index contributed by atoms with van der Waals surface area (Å²) in [7, 11) is 0. The van der Waals surface area contributed by atoms with Crippen molar-refractivity contribution in [2.75, 3.05) is 9.80 Å². The minimum absolute atomic E-state index is 0.581. The van der Waals surface area contributed by atoms with E-state index in [2.05, 4.69) is 124 Å². The number of nitrogens with zero attached hydrogens (tertiary/aromatic N) is 3. The molecule has 6 nitrogen and oxygen atoms in total. The molecule has 0 aliphatic heterocycles. The number of hydrogen-bond donors (Lipinski definition) is 0. The van der Waals surface area contributed by atoms with Crippen molar-refractivity contribution in [3.8, 4) is 0 Å². The van der Waals surface area contributed by atoms with E-state index in [0.29, 0.717) is 5.71 Å². The molecule has 0 aliphatic carbocycles. The number of furan rings is 3. The number of rotatable bonds is 6. The smallest absolute Gasteiger partial charge is 0.229 e.